The summed E-state index contributed by atoms with van der Waals surface area (Å²) in [5, 5.41) is 3.14. The number of ether oxygens (including phenoxy) is 1. The van der Waals surface area contributed by atoms with Gasteiger partial charge < -0.3 is 14.6 Å². The minimum Gasteiger partial charge on any atom is -0.496 e. The zero-order valence-electron chi connectivity index (χ0n) is 15.5. The maximum absolute atomic E-state index is 12.5. The fraction of sp³-hybridized carbons (Fsp3) is 0.500. The van der Waals surface area contributed by atoms with Crippen LogP contribution in [0.15, 0.2) is 36.7 Å². The van der Waals surface area contributed by atoms with Crippen molar-refractivity contribution in [2.75, 3.05) is 7.11 Å². The number of aryl methyl sites for hydroxylation is 1. The number of nitrogens with one attached hydrogen (secondary N) is 1. The van der Waals surface area contributed by atoms with E-state index in [1.54, 1.807) is 13.3 Å². The van der Waals surface area contributed by atoms with Crippen LogP contribution in [0.25, 0.3) is 0 Å². The van der Waals surface area contributed by atoms with Crippen molar-refractivity contribution in [2.45, 2.75) is 51.5 Å². The number of benzene rings is 1. The van der Waals surface area contributed by atoms with Gasteiger partial charge in [-0.25, -0.2) is 4.98 Å². The molecule has 0 saturated carbocycles. The summed E-state index contributed by atoms with van der Waals surface area (Å²) >= 11 is 0. The molecule has 0 saturated heterocycles. The molecule has 25 heavy (non-hydrogen) atoms. The second kappa shape index (κ2) is 9.87. The second-order valence-corrected chi connectivity index (χ2v) is 6.30. The number of carbonyl (C=O) groups excluding carboxylic acids is 1. The Hall–Kier alpha value is -2.30. The summed E-state index contributed by atoms with van der Waals surface area (Å²) < 4.78 is 7.41. The van der Waals surface area contributed by atoms with E-state index in [0.717, 1.165) is 30.0 Å². The van der Waals surface area contributed by atoms with Gasteiger partial charge in [-0.05, 0) is 12.5 Å². The zero-order valence-corrected chi connectivity index (χ0v) is 15.5. The predicted octanol–water partition coefficient (Wildman–Crippen LogP) is 3.99. The summed E-state index contributed by atoms with van der Waals surface area (Å²) in [4.78, 5) is 16.9. The van der Waals surface area contributed by atoms with Crippen molar-refractivity contribution in [1.82, 2.24) is 14.9 Å². The van der Waals surface area contributed by atoms with E-state index in [-0.39, 0.29) is 11.9 Å². The van der Waals surface area contributed by atoms with Crippen LogP contribution in [0, 0.1) is 0 Å². The predicted molar refractivity (Wildman–Crippen MR) is 99.6 cm³/mol. The molecule has 1 heterocycles. The smallest absolute Gasteiger partial charge is 0.220 e. The Bertz CT molecular complexity index is 666. The van der Waals surface area contributed by atoms with Gasteiger partial charge in [0.2, 0.25) is 5.91 Å². The molecule has 1 aromatic carbocycles. The zero-order chi connectivity index (χ0) is 18.1. The van der Waals surface area contributed by atoms with Crippen molar-refractivity contribution < 1.29 is 9.53 Å². The second-order valence-electron chi connectivity index (χ2n) is 6.30. The molecule has 5 nitrogen and oxygen atoms in total. The average molecular weight is 343 g/mol. The molecule has 0 aliphatic carbocycles. The number of unbranched alkanes of at least 4 members (excludes halogenated alkanes) is 4. The number of hydrogen-bond donors (Lipinski definition) is 1. The first-order valence-electron chi connectivity index (χ1n) is 9.06. The summed E-state index contributed by atoms with van der Waals surface area (Å²) in [6.45, 7) is 2.19. The van der Waals surface area contributed by atoms with E-state index in [9.17, 15) is 4.79 Å². The highest BCUT2D eigenvalue weighted by atomic mass is 16.5. The lowest BCUT2D eigenvalue weighted by molar-refractivity contribution is -0.121. The van der Waals surface area contributed by atoms with Gasteiger partial charge in [-0.15, -0.1) is 0 Å². The summed E-state index contributed by atoms with van der Waals surface area (Å²) in [6, 6.07) is 7.43. The van der Waals surface area contributed by atoms with Gasteiger partial charge in [0.05, 0.1) is 7.11 Å². The van der Waals surface area contributed by atoms with Gasteiger partial charge in [-0.1, -0.05) is 50.8 Å². The first kappa shape index (κ1) is 19.0. The molecule has 0 spiro atoms. The minimum atomic E-state index is -0.320. The SMILES string of the molecule is CCCCCCCC(=O)NC(c1ccccc1OC)c1nccn1C. The molecule has 0 bridgehead atoms. The number of rotatable bonds is 10. The van der Waals surface area contributed by atoms with Crippen molar-refractivity contribution in [3.05, 3.63) is 48.0 Å². The molecular formula is C20H29N3O2. The molecule has 2 aromatic rings. The number of amides is 1. The molecule has 0 aliphatic heterocycles. The van der Waals surface area contributed by atoms with Gasteiger partial charge in [-0.2, -0.15) is 0 Å². The highest BCUT2D eigenvalue weighted by Crippen LogP contribution is 2.29. The van der Waals surface area contributed by atoms with E-state index < -0.39 is 0 Å². The highest BCUT2D eigenvalue weighted by molar-refractivity contribution is 5.77. The molecule has 1 unspecified atom stereocenters. The van der Waals surface area contributed by atoms with Gasteiger partial charge in [0.1, 0.15) is 17.6 Å². The van der Waals surface area contributed by atoms with E-state index in [2.05, 4.69) is 17.2 Å². The van der Waals surface area contributed by atoms with Gasteiger partial charge >= 0.3 is 0 Å². The van der Waals surface area contributed by atoms with E-state index >= 15 is 0 Å². The van der Waals surface area contributed by atoms with Gasteiger partial charge in [0, 0.05) is 31.4 Å². The summed E-state index contributed by atoms with van der Waals surface area (Å²) in [5.41, 5.74) is 0.915. The average Bonchev–Trinajstić information content (AvgIpc) is 3.05. The van der Waals surface area contributed by atoms with Crippen molar-refractivity contribution in [1.29, 1.82) is 0 Å². The maximum Gasteiger partial charge on any atom is 0.220 e. The number of imidazole rings is 1. The third kappa shape index (κ3) is 5.34. The summed E-state index contributed by atoms with van der Waals surface area (Å²) in [6.07, 6.45) is 9.83. The van der Waals surface area contributed by atoms with E-state index in [1.807, 2.05) is 42.1 Å². The Morgan fingerprint density at radius 2 is 2.00 bits per heavy atom. The van der Waals surface area contributed by atoms with Crippen molar-refractivity contribution in [2.24, 2.45) is 7.05 Å². The topological polar surface area (TPSA) is 56.1 Å². The van der Waals surface area contributed by atoms with Crippen LogP contribution in [0.3, 0.4) is 0 Å². The first-order valence-corrected chi connectivity index (χ1v) is 9.06. The Morgan fingerprint density at radius 3 is 2.68 bits per heavy atom. The molecule has 0 radical (unpaired) electrons. The summed E-state index contributed by atoms with van der Waals surface area (Å²) in [7, 11) is 3.57. The first-order chi connectivity index (χ1) is 12.2. The molecule has 1 aromatic heterocycles. The molecular weight excluding hydrogens is 314 g/mol. The Balaban J connectivity index is 2.11. The van der Waals surface area contributed by atoms with Crippen LogP contribution < -0.4 is 10.1 Å². The lowest BCUT2D eigenvalue weighted by Crippen LogP contribution is -2.31. The number of hydrogen-bond acceptors (Lipinski definition) is 3. The number of methoxy groups -OCH3 is 1. The Kier molecular flexibility index (Phi) is 7.51. The lowest BCUT2D eigenvalue weighted by atomic mass is 10.0. The van der Waals surface area contributed by atoms with E-state index in [0.29, 0.717) is 6.42 Å². The largest absolute Gasteiger partial charge is 0.496 e. The fourth-order valence-corrected chi connectivity index (χ4v) is 2.96. The monoisotopic (exact) mass is 343 g/mol. The molecule has 0 fully saturated rings. The lowest BCUT2D eigenvalue weighted by Gasteiger charge is -2.21. The minimum absolute atomic E-state index is 0.0513. The standard InChI is InChI=1S/C20H29N3O2/c1-4-5-6-7-8-13-18(24)22-19(20-21-14-15-23(20)2)16-11-9-10-12-17(16)25-3/h9-12,14-15,19H,4-8,13H2,1-3H3,(H,22,24). The molecule has 1 amide bonds. The third-order valence-corrected chi connectivity index (χ3v) is 4.38. The van der Waals surface area contributed by atoms with Crippen LogP contribution >= 0.6 is 0 Å². The molecule has 5 heteroatoms. The molecule has 1 atom stereocenters. The highest BCUT2D eigenvalue weighted by Gasteiger charge is 2.23. The molecule has 1 N–H and O–H groups in total. The third-order valence-electron chi connectivity index (χ3n) is 4.38. The van der Waals surface area contributed by atoms with E-state index in [4.69, 9.17) is 4.74 Å². The Morgan fingerprint density at radius 1 is 1.24 bits per heavy atom. The number of nitrogens with zero attached hydrogens (tertiary/aromatic N) is 2. The normalized spacial score (nSPS) is 12.0. The van der Waals surface area contributed by atoms with Gasteiger partial charge in [0.15, 0.2) is 0 Å². The molecule has 2 rings (SSSR count). The van der Waals surface area contributed by atoms with Gasteiger partial charge in [-0.3, -0.25) is 4.79 Å². The maximum atomic E-state index is 12.5. The van der Waals surface area contributed by atoms with Crippen LogP contribution in [-0.4, -0.2) is 22.6 Å². The van der Waals surface area contributed by atoms with E-state index in [1.165, 1.54) is 19.3 Å². The molecule has 0 aliphatic rings. The van der Waals surface area contributed by atoms with Crippen molar-refractivity contribution >= 4 is 5.91 Å². The number of carbonyl (C=O) groups is 1. The quantitative estimate of drug-likeness (QED) is 0.664. The van der Waals surface area contributed by atoms with Crippen LogP contribution in [0.4, 0.5) is 0 Å². The van der Waals surface area contributed by atoms with Crippen LogP contribution in [0.5, 0.6) is 5.75 Å². The van der Waals surface area contributed by atoms with Crippen LogP contribution in [0.1, 0.15) is 62.9 Å². The van der Waals surface area contributed by atoms with Crippen LogP contribution in [0.2, 0.25) is 0 Å². The van der Waals surface area contributed by atoms with Crippen molar-refractivity contribution in [3.8, 4) is 5.75 Å². The van der Waals surface area contributed by atoms with Crippen LogP contribution in [-0.2, 0) is 11.8 Å². The van der Waals surface area contributed by atoms with Gasteiger partial charge in [0.25, 0.3) is 0 Å². The Labute approximate surface area is 150 Å². The summed E-state index contributed by atoms with van der Waals surface area (Å²) in [5.74, 6) is 1.60. The fourth-order valence-electron chi connectivity index (χ4n) is 2.96. The van der Waals surface area contributed by atoms with Crippen molar-refractivity contribution in [3.63, 3.8) is 0 Å². The molecule has 136 valence electrons. The number of para-hydroxylation sites is 1. The number of aromatic nitrogens is 2.